The van der Waals surface area contributed by atoms with Crippen LogP contribution in [0, 0.1) is 0 Å². The summed E-state index contributed by atoms with van der Waals surface area (Å²) < 4.78 is 0. The molecule has 0 saturated heterocycles. The summed E-state index contributed by atoms with van der Waals surface area (Å²) in [6, 6.07) is 9.35. The van der Waals surface area contributed by atoms with E-state index in [0.717, 1.165) is 5.69 Å². The van der Waals surface area contributed by atoms with Crippen LogP contribution >= 0.6 is 11.8 Å². The van der Waals surface area contributed by atoms with Gasteiger partial charge in [0.25, 0.3) is 0 Å². The van der Waals surface area contributed by atoms with Crippen molar-refractivity contribution < 1.29 is 9.90 Å². The number of hydrogen-bond donors (Lipinski definition) is 2. The lowest BCUT2D eigenvalue weighted by atomic mass is 10.3. The molecule has 0 aromatic heterocycles. The standard InChI is InChI=1S/C11H15NO2S/c1-9(15-8-7-13)11(14)12-10-5-3-2-4-6-10/h2-6,9,13H,7-8H2,1H3,(H,12,14). The zero-order chi connectivity index (χ0) is 11.1. The molecular weight excluding hydrogens is 210 g/mol. The normalized spacial score (nSPS) is 12.1. The van der Waals surface area contributed by atoms with Crippen molar-refractivity contribution in [3.8, 4) is 0 Å². The van der Waals surface area contributed by atoms with Crippen molar-refractivity contribution in [2.24, 2.45) is 0 Å². The van der Waals surface area contributed by atoms with Gasteiger partial charge in [-0.2, -0.15) is 0 Å². The molecule has 3 nitrogen and oxygen atoms in total. The van der Waals surface area contributed by atoms with Crippen LogP contribution in [0.25, 0.3) is 0 Å². The Hall–Kier alpha value is -1.00. The highest BCUT2D eigenvalue weighted by Gasteiger charge is 2.12. The van der Waals surface area contributed by atoms with Gasteiger partial charge in [-0.25, -0.2) is 0 Å². The molecule has 4 heteroatoms. The Kier molecular flexibility index (Phi) is 5.21. The third-order valence-electron chi connectivity index (χ3n) is 1.87. The zero-order valence-corrected chi connectivity index (χ0v) is 9.46. The maximum Gasteiger partial charge on any atom is 0.237 e. The Bertz CT molecular complexity index is 303. The van der Waals surface area contributed by atoms with E-state index >= 15 is 0 Å². The average molecular weight is 225 g/mol. The van der Waals surface area contributed by atoms with Crippen LogP contribution < -0.4 is 5.32 Å². The Morgan fingerprint density at radius 3 is 2.73 bits per heavy atom. The highest BCUT2D eigenvalue weighted by molar-refractivity contribution is 8.00. The average Bonchev–Trinajstić information content (AvgIpc) is 2.27. The molecule has 1 aromatic rings. The summed E-state index contributed by atoms with van der Waals surface area (Å²) >= 11 is 1.44. The first-order chi connectivity index (χ1) is 7.24. The van der Waals surface area contributed by atoms with E-state index in [4.69, 9.17) is 5.11 Å². The lowest BCUT2D eigenvalue weighted by Crippen LogP contribution is -2.23. The topological polar surface area (TPSA) is 49.3 Å². The van der Waals surface area contributed by atoms with Gasteiger partial charge >= 0.3 is 0 Å². The number of rotatable bonds is 5. The van der Waals surface area contributed by atoms with E-state index < -0.39 is 0 Å². The fourth-order valence-electron chi connectivity index (χ4n) is 1.07. The van der Waals surface area contributed by atoms with Crippen LogP contribution in [-0.4, -0.2) is 28.6 Å². The largest absolute Gasteiger partial charge is 0.396 e. The van der Waals surface area contributed by atoms with E-state index in [2.05, 4.69) is 5.32 Å². The number of carbonyl (C=O) groups is 1. The lowest BCUT2D eigenvalue weighted by Gasteiger charge is -2.10. The summed E-state index contributed by atoms with van der Waals surface area (Å²) in [4.78, 5) is 11.6. The molecule has 0 saturated carbocycles. The molecule has 0 aliphatic rings. The van der Waals surface area contributed by atoms with Crippen LogP contribution in [0.5, 0.6) is 0 Å². The van der Waals surface area contributed by atoms with Crippen LogP contribution in [0.2, 0.25) is 0 Å². The van der Waals surface area contributed by atoms with Crippen LogP contribution in [0.4, 0.5) is 5.69 Å². The van der Waals surface area contributed by atoms with E-state index in [-0.39, 0.29) is 17.8 Å². The number of aliphatic hydroxyl groups is 1. The number of thioether (sulfide) groups is 1. The molecule has 0 aliphatic heterocycles. The van der Waals surface area contributed by atoms with Gasteiger partial charge in [0.1, 0.15) is 0 Å². The van der Waals surface area contributed by atoms with Gasteiger partial charge in [0, 0.05) is 11.4 Å². The predicted molar refractivity (Wildman–Crippen MR) is 64.1 cm³/mol. The van der Waals surface area contributed by atoms with Crippen molar-refractivity contribution in [2.45, 2.75) is 12.2 Å². The van der Waals surface area contributed by atoms with Gasteiger partial charge < -0.3 is 10.4 Å². The first kappa shape index (κ1) is 12.1. The van der Waals surface area contributed by atoms with Crippen molar-refractivity contribution in [3.63, 3.8) is 0 Å². The first-order valence-corrected chi connectivity index (χ1v) is 5.87. The van der Waals surface area contributed by atoms with Gasteiger partial charge in [-0.05, 0) is 19.1 Å². The molecule has 0 spiro atoms. The van der Waals surface area contributed by atoms with Crippen LogP contribution in [0.1, 0.15) is 6.92 Å². The Labute approximate surface area is 93.9 Å². The van der Waals surface area contributed by atoms with E-state index in [1.54, 1.807) is 0 Å². The van der Waals surface area contributed by atoms with Crippen molar-refractivity contribution >= 4 is 23.4 Å². The molecule has 0 radical (unpaired) electrons. The first-order valence-electron chi connectivity index (χ1n) is 4.82. The van der Waals surface area contributed by atoms with Gasteiger partial charge in [-0.3, -0.25) is 4.79 Å². The molecule has 2 N–H and O–H groups in total. The minimum Gasteiger partial charge on any atom is -0.396 e. The molecule has 1 aromatic carbocycles. The van der Waals surface area contributed by atoms with E-state index in [0.29, 0.717) is 5.75 Å². The second-order valence-corrected chi connectivity index (χ2v) is 4.54. The monoisotopic (exact) mass is 225 g/mol. The van der Waals surface area contributed by atoms with E-state index in [1.807, 2.05) is 37.3 Å². The second-order valence-electron chi connectivity index (χ2n) is 3.09. The molecule has 15 heavy (non-hydrogen) atoms. The van der Waals surface area contributed by atoms with Gasteiger partial charge in [0.05, 0.1) is 11.9 Å². The summed E-state index contributed by atoms with van der Waals surface area (Å²) in [6.07, 6.45) is 0. The number of benzene rings is 1. The van der Waals surface area contributed by atoms with Crippen molar-refractivity contribution in [1.82, 2.24) is 0 Å². The summed E-state index contributed by atoms with van der Waals surface area (Å²) in [6.45, 7) is 1.94. The minimum atomic E-state index is -0.141. The molecule has 0 heterocycles. The molecule has 1 unspecified atom stereocenters. The maximum absolute atomic E-state index is 11.6. The SMILES string of the molecule is CC(SCCO)C(=O)Nc1ccccc1. The molecule has 82 valence electrons. The smallest absolute Gasteiger partial charge is 0.237 e. The predicted octanol–water partition coefficient (Wildman–Crippen LogP) is 1.74. The zero-order valence-electron chi connectivity index (χ0n) is 8.64. The van der Waals surface area contributed by atoms with Gasteiger partial charge in [-0.15, -0.1) is 11.8 Å². The Morgan fingerprint density at radius 1 is 1.47 bits per heavy atom. The van der Waals surface area contributed by atoms with E-state index in [1.165, 1.54) is 11.8 Å². The maximum atomic E-state index is 11.6. The molecule has 1 rings (SSSR count). The van der Waals surface area contributed by atoms with Gasteiger partial charge in [-0.1, -0.05) is 18.2 Å². The number of hydrogen-bond acceptors (Lipinski definition) is 3. The van der Waals surface area contributed by atoms with Crippen molar-refractivity contribution in [3.05, 3.63) is 30.3 Å². The van der Waals surface area contributed by atoms with Crippen LogP contribution in [0.3, 0.4) is 0 Å². The van der Waals surface area contributed by atoms with Crippen molar-refractivity contribution in [1.29, 1.82) is 0 Å². The number of amides is 1. The van der Waals surface area contributed by atoms with Crippen LogP contribution in [0.15, 0.2) is 30.3 Å². The van der Waals surface area contributed by atoms with Gasteiger partial charge in [0.15, 0.2) is 0 Å². The molecule has 0 aliphatic carbocycles. The molecule has 0 fully saturated rings. The van der Waals surface area contributed by atoms with Gasteiger partial charge in [0.2, 0.25) is 5.91 Å². The third-order valence-corrected chi connectivity index (χ3v) is 3.00. The minimum absolute atomic E-state index is 0.0281. The molecule has 1 amide bonds. The van der Waals surface area contributed by atoms with Crippen molar-refractivity contribution in [2.75, 3.05) is 17.7 Å². The lowest BCUT2D eigenvalue weighted by molar-refractivity contribution is -0.115. The van der Waals surface area contributed by atoms with E-state index in [9.17, 15) is 4.79 Å². The highest BCUT2D eigenvalue weighted by atomic mass is 32.2. The summed E-state index contributed by atoms with van der Waals surface area (Å²) in [7, 11) is 0. The number of carbonyl (C=O) groups excluding carboxylic acids is 1. The quantitative estimate of drug-likeness (QED) is 0.802. The fraction of sp³-hybridized carbons (Fsp3) is 0.364. The molecule has 0 bridgehead atoms. The third kappa shape index (κ3) is 4.36. The number of anilines is 1. The number of para-hydroxylation sites is 1. The number of nitrogens with one attached hydrogen (secondary N) is 1. The van der Waals surface area contributed by atoms with Crippen LogP contribution in [-0.2, 0) is 4.79 Å². The second kappa shape index (κ2) is 6.48. The summed E-state index contributed by atoms with van der Waals surface area (Å²) in [5.41, 5.74) is 0.805. The number of aliphatic hydroxyl groups excluding tert-OH is 1. The highest BCUT2D eigenvalue weighted by Crippen LogP contribution is 2.13. The summed E-state index contributed by atoms with van der Waals surface area (Å²) in [5.74, 6) is 0.559. The molecule has 1 atom stereocenters. The fourth-order valence-corrected chi connectivity index (χ4v) is 1.74. The molecular formula is C11H15NO2S. The Morgan fingerprint density at radius 2 is 2.13 bits per heavy atom. The Balaban J connectivity index is 2.42. The summed E-state index contributed by atoms with van der Waals surface area (Å²) in [5, 5.41) is 11.3.